The van der Waals surface area contributed by atoms with E-state index in [1.54, 1.807) is 12.3 Å². The van der Waals surface area contributed by atoms with Gasteiger partial charge in [-0.1, -0.05) is 32.0 Å². The summed E-state index contributed by atoms with van der Waals surface area (Å²) in [5.41, 5.74) is 4.88. The van der Waals surface area contributed by atoms with E-state index in [-0.39, 0.29) is 5.91 Å². The Morgan fingerprint density at radius 1 is 1.15 bits per heavy atom. The molecule has 1 amide bonds. The van der Waals surface area contributed by atoms with Crippen molar-refractivity contribution in [2.45, 2.75) is 27.7 Å². The van der Waals surface area contributed by atoms with Crippen molar-refractivity contribution in [2.75, 3.05) is 13.2 Å². The van der Waals surface area contributed by atoms with Gasteiger partial charge in [0, 0.05) is 5.56 Å². The molecule has 0 fully saturated rings. The first-order chi connectivity index (χ1) is 12.5. The summed E-state index contributed by atoms with van der Waals surface area (Å²) < 4.78 is 11.4. The first-order valence-electron chi connectivity index (χ1n) is 8.80. The summed E-state index contributed by atoms with van der Waals surface area (Å²) >= 11 is 0. The molecule has 0 aliphatic carbocycles. The molecular formula is C21H26N2O3. The van der Waals surface area contributed by atoms with Crippen molar-refractivity contribution in [3.63, 3.8) is 0 Å². The first kappa shape index (κ1) is 19.5. The van der Waals surface area contributed by atoms with Gasteiger partial charge >= 0.3 is 0 Å². The number of nitrogens with zero attached hydrogens (tertiary/aromatic N) is 1. The maximum absolute atomic E-state index is 12.2. The SMILES string of the molecule is CCOc1cc(/C=N\NC(=O)c2ccccc2C)ccc1OCC(C)C. The summed E-state index contributed by atoms with van der Waals surface area (Å²) in [6.07, 6.45) is 1.59. The topological polar surface area (TPSA) is 59.9 Å². The van der Waals surface area contributed by atoms with E-state index >= 15 is 0 Å². The van der Waals surface area contributed by atoms with E-state index in [0.717, 1.165) is 11.1 Å². The fourth-order valence-corrected chi connectivity index (χ4v) is 2.30. The Hall–Kier alpha value is -2.82. The third kappa shape index (κ3) is 5.62. The second kappa shape index (κ2) is 9.61. The van der Waals surface area contributed by atoms with Gasteiger partial charge in [-0.05, 0) is 55.2 Å². The molecule has 0 radical (unpaired) electrons. The van der Waals surface area contributed by atoms with E-state index in [1.165, 1.54) is 0 Å². The van der Waals surface area contributed by atoms with Gasteiger partial charge in [0.15, 0.2) is 11.5 Å². The van der Waals surface area contributed by atoms with Crippen molar-refractivity contribution in [3.8, 4) is 11.5 Å². The summed E-state index contributed by atoms with van der Waals surface area (Å²) in [7, 11) is 0. The van der Waals surface area contributed by atoms with E-state index in [1.807, 2.05) is 50.2 Å². The standard InChI is InChI=1S/C21H26N2O3/c1-5-25-20-12-17(10-11-19(20)26-14-15(2)3)13-22-23-21(24)18-9-7-6-8-16(18)4/h6-13,15H,5,14H2,1-4H3,(H,23,24)/b22-13-. The zero-order valence-electron chi connectivity index (χ0n) is 15.8. The summed E-state index contributed by atoms with van der Waals surface area (Å²) in [5, 5.41) is 4.04. The average Bonchev–Trinajstić information content (AvgIpc) is 2.61. The molecule has 2 aromatic carbocycles. The van der Waals surface area contributed by atoms with Crippen LogP contribution in [0.1, 0.15) is 42.3 Å². The molecule has 0 atom stereocenters. The lowest BCUT2D eigenvalue weighted by molar-refractivity contribution is 0.0954. The molecule has 1 N–H and O–H groups in total. The van der Waals surface area contributed by atoms with Gasteiger partial charge in [-0.3, -0.25) is 4.79 Å². The Morgan fingerprint density at radius 2 is 1.92 bits per heavy atom. The van der Waals surface area contributed by atoms with Crippen molar-refractivity contribution in [3.05, 3.63) is 59.2 Å². The van der Waals surface area contributed by atoms with Crippen LogP contribution in [-0.4, -0.2) is 25.3 Å². The van der Waals surface area contributed by atoms with Crippen LogP contribution in [-0.2, 0) is 0 Å². The van der Waals surface area contributed by atoms with Gasteiger partial charge in [0.1, 0.15) is 0 Å². The highest BCUT2D eigenvalue weighted by atomic mass is 16.5. The number of aryl methyl sites for hydroxylation is 1. The van der Waals surface area contributed by atoms with Crippen molar-refractivity contribution in [1.29, 1.82) is 0 Å². The fourth-order valence-electron chi connectivity index (χ4n) is 2.30. The van der Waals surface area contributed by atoms with Crippen LogP contribution in [0, 0.1) is 12.8 Å². The summed E-state index contributed by atoms with van der Waals surface area (Å²) in [5.74, 6) is 1.58. The lowest BCUT2D eigenvalue weighted by atomic mass is 10.1. The molecule has 0 saturated carbocycles. The maximum Gasteiger partial charge on any atom is 0.271 e. The lowest BCUT2D eigenvalue weighted by Crippen LogP contribution is -2.18. The van der Waals surface area contributed by atoms with Crippen molar-refractivity contribution in [1.82, 2.24) is 5.43 Å². The van der Waals surface area contributed by atoms with Gasteiger partial charge in [-0.2, -0.15) is 5.10 Å². The van der Waals surface area contributed by atoms with Gasteiger partial charge in [0.2, 0.25) is 0 Å². The third-order valence-corrected chi connectivity index (χ3v) is 3.61. The second-order valence-corrected chi connectivity index (χ2v) is 6.36. The number of ether oxygens (including phenoxy) is 2. The molecule has 2 rings (SSSR count). The predicted octanol–water partition coefficient (Wildman–Crippen LogP) is 4.19. The monoisotopic (exact) mass is 354 g/mol. The van der Waals surface area contributed by atoms with Crippen LogP contribution in [0.2, 0.25) is 0 Å². The van der Waals surface area contributed by atoms with E-state index in [2.05, 4.69) is 24.4 Å². The highest BCUT2D eigenvalue weighted by molar-refractivity contribution is 5.96. The normalized spacial score (nSPS) is 11.0. The number of hydrogen-bond donors (Lipinski definition) is 1. The smallest absolute Gasteiger partial charge is 0.271 e. The van der Waals surface area contributed by atoms with Gasteiger partial charge in [-0.15, -0.1) is 0 Å². The number of nitrogens with one attached hydrogen (secondary N) is 1. The second-order valence-electron chi connectivity index (χ2n) is 6.36. The largest absolute Gasteiger partial charge is 0.490 e. The molecule has 0 heterocycles. The highest BCUT2D eigenvalue weighted by Gasteiger charge is 2.08. The van der Waals surface area contributed by atoms with E-state index < -0.39 is 0 Å². The van der Waals surface area contributed by atoms with Crippen LogP contribution in [0.3, 0.4) is 0 Å². The number of hydrogen-bond acceptors (Lipinski definition) is 4. The molecule has 5 heteroatoms. The Kier molecular flexibility index (Phi) is 7.21. The predicted molar refractivity (Wildman–Crippen MR) is 104 cm³/mol. The number of rotatable bonds is 8. The summed E-state index contributed by atoms with van der Waals surface area (Å²) in [6.45, 7) is 9.18. The molecule has 0 aliphatic rings. The molecule has 0 spiro atoms. The Balaban J connectivity index is 2.06. The number of carbonyl (C=O) groups is 1. The number of hydrazone groups is 1. The molecule has 0 aliphatic heterocycles. The first-order valence-corrected chi connectivity index (χ1v) is 8.80. The molecule has 138 valence electrons. The van der Waals surface area contributed by atoms with Gasteiger partial charge in [0.25, 0.3) is 5.91 Å². The summed E-state index contributed by atoms with van der Waals surface area (Å²) in [6, 6.07) is 13.0. The maximum atomic E-state index is 12.2. The summed E-state index contributed by atoms with van der Waals surface area (Å²) in [4.78, 5) is 12.2. The van der Waals surface area contributed by atoms with Crippen LogP contribution in [0.15, 0.2) is 47.6 Å². The van der Waals surface area contributed by atoms with Crippen LogP contribution in [0.4, 0.5) is 0 Å². The van der Waals surface area contributed by atoms with Gasteiger partial charge in [-0.25, -0.2) is 5.43 Å². The number of amides is 1. The van der Waals surface area contributed by atoms with Crippen LogP contribution < -0.4 is 14.9 Å². The zero-order valence-corrected chi connectivity index (χ0v) is 15.8. The van der Waals surface area contributed by atoms with Gasteiger partial charge in [0.05, 0.1) is 19.4 Å². The molecule has 0 saturated heterocycles. The van der Waals surface area contributed by atoms with E-state index in [4.69, 9.17) is 9.47 Å². The molecule has 5 nitrogen and oxygen atoms in total. The van der Waals surface area contributed by atoms with Crippen molar-refractivity contribution < 1.29 is 14.3 Å². The lowest BCUT2D eigenvalue weighted by Gasteiger charge is -2.13. The molecule has 26 heavy (non-hydrogen) atoms. The molecule has 2 aromatic rings. The van der Waals surface area contributed by atoms with Crippen LogP contribution in [0.25, 0.3) is 0 Å². The number of carbonyl (C=O) groups excluding carboxylic acids is 1. The van der Waals surface area contributed by atoms with Crippen molar-refractivity contribution in [2.24, 2.45) is 11.0 Å². The van der Waals surface area contributed by atoms with Crippen molar-refractivity contribution >= 4 is 12.1 Å². The fraction of sp³-hybridized carbons (Fsp3) is 0.333. The van der Waals surface area contributed by atoms with Crippen LogP contribution in [0.5, 0.6) is 11.5 Å². The Bertz CT molecular complexity index is 770. The minimum atomic E-state index is -0.235. The third-order valence-electron chi connectivity index (χ3n) is 3.61. The average molecular weight is 354 g/mol. The number of benzene rings is 2. The van der Waals surface area contributed by atoms with E-state index in [0.29, 0.717) is 36.2 Å². The molecular weight excluding hydrogens is 328 g/mol. The van der Waals surface area contributed by atoms with E-state index in [9.17, 15) is 4.79 Å². The molecule has 0 unspecified atom stereocenters. The molecule has 0 aromatic heterocycles. The molecule has 0 bridgehead atoms. The zero-order chi connectivity index (χ0) is 18.9. The highest BCUT2D eigenvalue weighted by Crippen LogP contribution is 2.28. The minimum absolute atomic E-state index is 0.235. The quantitative estimate of drug-likeness (QED) is 0.571. The Morgan fingerprint density at radius 3 is 2.62 bits per heavy atom. The van der Waals surface area contributed by atoms with Gasteiger partial charge < -0.3 is 9.47 Å². The minimum Gasteiger partial charge on any atom is -0.490 e. The Labute approximate surface area is 155 Å². The van der Waals surface area contributed by atoms with Crippen LogP contribution >= 0.6 is 0 Å².